The third-order valence-electron chi connectivity index (χ3n) is 4.55. The fourth-order valence-electron chi connectivity index (χ4n) is 3.29. The van der Waals surface area contributed by atoms with Gasteiger partial charge in [-0.3, -0.25) is 14.0 Å². The van der Waals surface area contributed by atoms with Gasteiger partial charge < -0.3 is 5.32 Å². The molecule has 1 N–H and O–H groups in total. The van der Waals surface area contributed by atoms with Gasteiger partial charge >= 0.3 is 0 Å². The summed E-state index contributed by atoms with van der Waals surface area (Å²) in [7, 11) is 0. The molecule has 0 aliphatic heterocycles. The number of fused-ring (bicyclic) bond motifs is 3. The minimum atomic E-state index is -0.355. The van der Waals surface area contributed by atoms with E-state index in [0.717, 1.165) is 16.0 Å². The highest BCUT2D eigenvalue weighted by atomic mass is 32.1. The molecule has 0 saturated carbocycles. The summed E-state index contributed by atoms with van der Waals surface area (Å²) in [5.74, 6) is 0.0147. The molecule has 144 valence electrons. The van der Waals surface area contributed by atoms with Gasteiger partial charge in [-0.05, 0) is 36.8 Å². The van der Waals surface area contributed by atoms with Crippen molar-refractivity contribution in [3.05, 3.63) is 68.8 Å². The zero-order chi connectivity index (χ0) is 19.8. The van der Waals surface area contributed by atoms with Crippen molar-refractivity contribution in [1.29, 1.82) is 0 Å². The van der Waals surface area contributed by atoms with Gasteiger partial charge in [-0.15, -0.1) is 11.3 Å². The number of rotatable bonds is 5. The number of aromatic nitrogens is 3. The van der Waals surface area contributed by atoms with Gasteiger partial charge in [0.25, 0.3) is 5.56 Å². The molecule has 0 radical (unpaired) electrons. The average molecular weight is 398 g/mol. The molecule has 0 saturated heterocycles. The molecule has 0 aliphatic carbocycles. The summed E-state index contributed by atoms with van der Waals surface area (Å²) in [5, 5.41) is 7.12. The van der Waals surface area contributed by atoms with Crippen molar-refractivity contribution in [2.45, 2.75) is 33.4 Å². The molecule has 8 heteroatoms. The van der Waals surface area contributed by atoms with Crippen LogP contribution in [0.2, 0.25) is 0 Å². The van der Waals surface area contributed by atoms with Crippen molar-refractivity contribution in [3.63, 3.8) is 0 Å². The molecule has 0 bridgehead atoms. The van der Waals surface area contributed by atoms with Crippen molar-refractivity contribution < 1.29 is 9.18 Å². The van der Waals surface area contributed by atoms with Crippen LogP contribution in [0.1, 0.15) is 23.2 Å². The topological polar surface area (TPSA) is 68.4 Å². The Bertz CT molecular complexity index is 1250. The maximum atomic E-state index is 13.2. The number of thiophene rings is 1. The Morgan fingerprint density at radius 1 is 1.25 bits per heavy atom. The van der Waals surface area contributed by atoms with Gasteiger partial charge in [-0.1, -0.05) is 19.1 Å². The van der Waals surface area contributed by atoms with Crippen LogP contribution in [-0.4, -0.2) is 20.1 Å². The van der Waals surface area contributed by atoms with E-state index in [1.807, 2.05) is 30.4 Å². The molecule has 3 aromatic heterocycles. The van der Waals surface area contributed by atoms with Gasteiger partial charge in [0.15, 0.2) is 0 Å². The van der Waals surface area contributed by atoms with Crippen molar-refractivity contribution in [2.24, 2.45) is 0 Å². The number of nitrogens with one attached hydrogen (secondary N) is 1. The Balaban J connectivity index is 1.62. The largest absolute Gasteiger partial charge is 0.350 e. The normalized spacial score (nSPS) is 11.4. The first kappa shape index (κ1) is 18.4. The van der Waals surface area contributed by atoms with E-state index in [2.05, 4.69) is 10.4 Å². The minimum Gasteiger partial charge on any atom is -0.350 e. The predicted molar refractivity (Wildman–Crippen MR) is 107 cm³/mol. The van der Waals surface area contributed by atoms with E-state index in [-0.39, 0.29) is 30.4 Å². The first-order valence-electron chi connectivity index (χ1n) is 8.99. The Kier molecular flexibility index (Phi) is 4.72. The van der Waals surface area contributed by atoms with E-state index in [9.17, 15) is 14.0 Å². The number of carbonyl (C=O) groups excluding carboxylic acids is 1. The van der Waals surface area contributed by atoms with Crippen LogP contribution in [0, 0.1) is 12.7 Å². The van der Waals surface area contributed by atoms with Crippen molar-refractivity contribution >= 4 is 33.0 Å². The Hall–Kier alpha value is -3.00. The quantitative estimate of drug-likeness (QED) is 0.562. The second kappa shape index (κ2) is 7.20. The average Bonchev–Trinajstić information content (AvgIpc) is 3.19. The molecule has 0 aliphatic rings. The molecule has 0 atom stereocenters. The zero-order valence-corrected chi connectivity index (χ0v) is 16.3. The molecule has 1 aromatic carbocycles. The standard InChI is InChI=1S/C20H19FN4O2S/c1-3-18-23-24(11-19(26)22-10-13-5-4-6-14(21)8-13)20(27)16-9-17-15(25(16)18)7-12(2)28-17/h4-9H,3,10-11H2,1-2H3,(H,22,26). The van der Waals surface area contributed by atoms with Crippen LogP contribution in [0.3, 0.4) is 0 Å². The number of halogens is 1. The number of hydrogen-bond donors (Lipinski definition) is 1. The van der Waals surface area contributed by atoms with Crippen LogP contribution in [0.5, 0.6) is 0 Å². The summed E-state index contributed by atoms with van der Waals surface area (Å²) in [5.41, 5.74) is 1.84. The van der Waals surface area contributed by atoms with Crippen molar-refractivity contribution in [1.82, 2.24) is 19.5 Å². The SMILES string of the molecule is CCc1nn(CC(=O)NCc2cccc(F)c2)c(=O)c2cc3sc(C)cc3n12. The fourth-order valence-corrected chi connectivity index (χ4v) is 4.23. The van der Waals surface area contributed by atoms with Crippen LogP contribution in [0.4, 0.5) is 4.39 Å². The summed E-state index contributed by atoms with van der Waals surface area (Å²) >= 11 is 1.63. The van der Waals surface area contributed by atoms with E-state index in [0.29, 0.717) is 17.5 Å². The Morgan fingerprint density at radius 2 is 2.07 bits per heavy atom. The molecule has 6 nitrogen and oxygen atoms in total. The first-order chi connectivity index (χ1) is 13.5. The third-order valence-corrected chi connectivity index (χ3v) is 5.54. The number of carbonyl (C=O) groups is 1. The summed E-state index contributed by atoms with van der Waals surface area (Å²) in [4.78, 5) is 26.3. The number of amides is 1. The molecule has 4 rings (SSSR count). The zero-order valence-electron chi connectivity index (χ0n) is 15.5. The minimum absolute atomic E-state index is 0.185. The van der Waals surface area contributed by atoms with Crippen LogP contribution in [0.15, 0.2) is 41.2 Å². The lowest BCUT2D eigenvalue weighted by atomic mass is 10.2. The molecule has 0 spiro atoms. The van der Waals surface area contributed by atoms with Gasteiger partial charge in [0, 0.05) is 17.8 Å². The lowest BCUT2D eigenvalue weighted by Gasteiger charge is -2.10. The van der Waals surface area contributed by atoms with Gasteiger partial charge in [0.1, 0.15) is 23.7 Å². The summed E-state index contributed by atoms with van der Waals surface area (Å²) in [6, 6.07) is 9.93. The molecule has 0 fully saturated rings. The number of benzene rings is 1. The van der Waals surface area contributed by atoms with Gasteiger partial charge in [0.2, 0.25) is 5.91 Å². The third kappa shape index (κ3) is 3.31. The maximum absolute atomic E-state index is 13.2. The monoisotopic (exact) mass is 398 g/mol. The van der Waals surface area contributed by atoms with E-state index >= 15 is 0 Å². The molecular weight excluding hydrogens is 379 g/mol. The van der Waals surface area contributed by atoms with Crippen molar-refractivity contribution in [2.75, 3.05) is 0 Å². The molecule has 28 heavy (non-hydrogen) atoms. The highest BCUT2D eigenvalue weighted by molar-refractivity contribution is 7.19. The summed E-state index contributed by atoms with van der Waals surface area (Å²) in [6.45, 7) is 4.00. The second-order valence-corrected chi connectivity index (χ2v) is 7.90. The number of nitrogens with zero attached hydrogens (tertiary/aromatic N) is 3. The lowest BCUT2D eigenvalue weighted by Crippen LogP contribution is -2.35. The molecule has 0 unspecified atom stereocenters. The first-order valence-corrected chi connectivity index (χ1v) is 9.80. The lowest BCUT2D eigenvalue weighted by molar-refractivity contribution is -0.122. The maximum Gasteiger partial charge on any atom is 0.291 e. The fraction of sp³-hybridized carbons (Fsp3) is 0.250. The van der Waals surface area contributed by atoms with Gasteiger partial charge in [-0.25, -0.2) is 9.07 Å². The van der Waals surface area contributed by atoms with Gasteiger partial charge in [-0.2, -0.15) is 5.10 Å². The smallest absolute Gasteiger partial charge is 0.291 e. The van der Waals surface area contributed by atoms with E-state index < -0.39 is 0 Å². The van der Waals surface area contributed by atoms with E-state index in [1.165, 1.54) is 21.7 Å². The Labute approximate surface area is 164 Å². The molecule has 4 aromatic rings. The van der Waals surface area contributed by atoms with Crippen LogP contribution in [0.25, 0.3) is 15.7 Å². The highest BCUT2D eigenvalue weighted by Crippen LogP contribution is 2.28. The Morgan fingerprint density at radius 3 is 2.82 bits per heavy atom. The molecule has 1 amide bonds. The number of aryl methyl sites for hydroxylation is 2. The van der Waals surface area contributed by atoms with Crippen LogP contribution >= 0.6 is 11.3 Å². The number of hydrogen-bond acceptors (Lipinski definition) is 4. The molecule has 3 heterocycles. The highest BCUT2D eigenvalue weighted by Gasteiger charge is 2.16. The van der Waals surface area contributed by atoms with E-state index in [1.54, 1.807) is 23.5 Å². The summed E-state index contributed by atoms with van der Waals surface area (Å²) in [6.07, 6.45) is 0.625. The second-order valence-electron chi connectivity index (χ2n) is 6.61. The van der Waals surface area contributed by atoms with Crippen LogP contribution < -0.4 is 10.9 Å². The predicted octanol–water partition coefficient (Wildman–Crippen LogP) is 3.04. The van der Waals surface area contributed by atoms with Gasteiger partial charge in [0.05, 0.1) is 10.2 Å². The summed E-state index contributed by atoms with van der Waals surface area (Å²) < 4.78 is 17.3. The molecular formula is C20H19FN4O2S. The van der Waals surface area contributed by atoms with Crippen molar-refractivity contribution in [3.8, 4) is 0 Å². The van der Waals surface area contributed by atoms with E-state index in [4.69, 9.17) is 0 Å². The van der Waals surface area contributed by atoms with Crippen LogP contribution in [-0.2, 0) is 24.3 Å².